The zero-order valence-corrected chi connectivity index (χ0v) is 10.2. The van der Waals surface area contributed by atoms with Gasteiger partial charge in [0, 0.05) is 19.3 Å². The number of hydrogen-bond donors (Lipinski definition) is 1. The molecule has 3 atom stereocenters. The SMILES string of the molecule is CNC(Cc1cnn(C)c1)C1C2CCCC21. The number of aryl methyl sites for hydroxylation is 1. The molecule has 0 aliphatic heterocycles. The molecule has 0 radical (unpaired) electrons. The Bertz CT molecular complexity index is 361. The Kier molecular flexibility index (Phi) is 2.51. The lowest BCUT2D eigenvalue weighted by atomic mass is 9.99. The van der Waals surface area contributed by atoms with Gasteiger partial charge in [0.2, 0.25) is 0 Å². The zero-order chi connectivity index (χ0) is 11.1. The van der Waals surface area contributed by atoms with E-state index < -0.39 is 0 Å². The van der Waals surface area contributed by atoms with Crippen molar-refractivity contribution in [3.63, 3.8) is 0 Å². The lowest BCUT2D eigenvalue weighted by molar-refractivity contribution is 0.428. The summed E-state index contributed by atoms with van der Waals surface area (Å²) < 4.78 is 1.90. The molecule has 3 rings (SSSR count). The maximum Gasteiger partial charge on any atom is 0.0522 e. The Balaban J connectivity index is 1.64. The van der Waals surface area contributed by atoms with Gasteiger partial charge in [-0.1, -0.05) is 6.42 Å². The molecule has 3 nitrogen and oxygen atoms in total. The first-order chi connectivity index (χ1) is 7.79. The minimum atomic E-state index is 0.666. The summed E-state index contributed by atoms with van der Waals surface area (Å²) >= 11 is 0. The third kappa shape index (κ3) is 1.67. The van der Waals surface area contributed by atoms with Crippen LogP contribution in [0.2, 0.25) is 0 Å². The maximum absolute atomic E-state index is 4.24. The lowest BCUT2D eigenvalue weighted by Gasteiger charge is -2.17. The van der Waals surface area contributed by atoms with Gasteiger partial charge in [-0.3, -0.25) is 4.68 Å². The molecule has 3 heteroatoms. The van der Waals surface area contributed by atoms with Crippen molar-refractivity contribution in [2.75, 3.05) is 7.05 Å². The fraction of sp³-hybridized carbons (Fsp3) is 0.769. The number of hydrogen-bond acceptors (Lipinski definition) is 2. The van der Waals surface area contributed by atoms with Crippen LogP contribution in [0.4, 0.5) is 0 Å². The average Bonchev–Trinajstić information content (AvgIpc) is 2.70. The first-order valence-electron chi connectivity index (χ1n) is 6.44. The molecule has 1 N–H and O–H groups in total. The largest absolute Gasteiger partial charge is 0.316 e. The van der Waals surface area contributed by atoms with E-state index in [0.717, 1.165) is 24.2 Å². The molecule has 2 fully saturated rings. The maximum atomic E-state index is 4.24. The molecule has 0 spiro atoms. The highest BCUT2D eigenvalue weighted by atomic mass is 15.2. The van der Waals surface area contributed by atoms with Crippen molar-refractivity contribution < 1.29 is 0 Å². The minimum absolute atomic E-state index is 0.666. The molecule has 1 aromatic rings. The summed E-state index contributed by atoms with van der Waals surface area (Å²) in [7, 11) is 4.10. The van der Waals surface area contributed by atoms with E-state index in [9.17, 15) is 0 Å². The Morgan fingerprint density at radius 3 is 2.81 bits per heavy atom. The van der Waals surface area contributed by atoms with Gasteiger partial charge in [-0.05, 0) is 49.6 Å². The van der Waals surface area contributed by atoms with E-state index in [1.807, 2.05) is 17.9 Å². The number of nitrogens with zero attached hydrogens (tertiary/aromatic N) is 2. The fourth-order valence-electron chi connectivity index (χ4n) is 3.74. The Hall–Kier alpha value is -0.830. The molecule has 1 aromatic heterocycles. The van der Waals surface area contributed by atoms with Crippen molar-refractivity contribution in [2.24, 2.45) is 24.8 Å². The second kappa shape index (κ2) is 3.88. The van der Waals surface area contributed by atoms with Gasteiger partial charge in [0.05, 0.1) is 6.20 Å². The van der Waals surface area contributed by atoms with Gasteiger partial charge in [0.1, 0.15) is 0 Å². The van der Waals surface area contributed by atoms with Crippen LogP contribution in [0.5, 0.6) is 0 Å². The molecular formula is C13H21N3. The van der Waals surface area contributed by atoms with Gasteiger partial charge in [0.25, 0.3) is 0 Å². The molecule has 1 heterocycles. The predicted molar refractivity (Wildman–Crippen MR) is 64.1 cm³/mol. The third-order valence-electron chi connectivity index (χ3n) is 4.52. The quantitative estimate of drug-likeness (QED) is 0.833. The van der Waals surface area contributed by atoms with E-state index in [-0.39, 0.29) is 0 Å². The first kappa shape index (κ1) is 10.3. The van der Waals surface area contributed by atoms with E-state index in [0.29, 0.717) is 6.04 Å². The van der Waals surface area contributed by atoms with Crippen LogP contribution in [0.25, 0.3) is 0 Å². The molecule has 3 unspecified atom stereocenters. The van der Waals surface area contributed by atoms with Crippen molar-refractivity contribution >= 4 is 0 Å². The van der Waals surface area contributed by atoms with E-state index in [1.165, 1.54) is 24.8 Å². The highest BCUT2D eigenvalue weighted by molar-refractivity contribution is 5.12. The monoisotopic (exact) mass is 219 g/mol. The second-order valence-electron chi connectivity index (χ2n) is 5.46. The van der Waals surface area contributed by atoms with Gasteiger partial charge in [0.15, 0.2) is 0 Å². The third-order valence-corrected chi connectivity index (χ3v) is 4.52. The molecule has 0 aromatic carbocycles. The summed E-state index contributed by atoms with van der Waals surface area (Å²) in [5.41, 5.74) is 1.37. The molecule has 2 saturated carbocycles. The van der Waals surface area contributed by atoms with Crippen molar-refractivity contribution in [3.8, 4) is 0 Å². The zero-order valence-electron chi connectivity index (χ0n) is 10.2. The van der Waals surface area contributed by atoms with Gasteiger partial charge in [-0.2, -0.15) is 5.10 Å². The predicted octanol–water partition coefficient (Wildman–Crippen LogP) is 1.60. The molecule has 0 amide bonds. The highest BCUT2D eigenvalue weighted by Crippen LogP contribution is 2.59. The summed E-state index contributed by atoms with van der Waals surface area (Å²) in [6.07, 6.45) is 9.70. The van der Waals surface area contributed by atoms with Crippen LogP contribution in [0.1, 0.15) is 24.8 Å². The van der Waals surface area contributed by atoms with Crippen LogP contribution in [-0.2, 0) is 13.5 Å². The van der Waals surface area contributed by atoms with Crippen LogP contribution in [0.15, 0.2) is 12.4 Å². The second-order valence-corrected chi connectivity index (χ2v) is 5.46. The molecule has 2 aliphatic carbocycles. The number of aromatic nitrogens is 2. The minimum Gasteiger partial charge on any atom is -0.316 e. The molecule has 0 saturated heterocycles. The Morgan fingerprint density at radius 1 is 1.50 bits per heavy atom. The van der Waals surface area contributed by atoms with Gasteiger partial charge in [-0.15, -0.1) is 0 Å². The van der Waals surface area contributed by atoms with Crippen molar-refractivity contribution in [2.45, 2.75) is 31.7 Å². The van der Waals surface area contributed by atoms with Crippen molar-refractivity contribution in [1.29, 1.82) is 0 Å². The van der Waals surface area contributed by atoms with E-state index in [4.69, 9.17) is 0 Å². The summed E-state index contributed by atoms with van der Waals surface area (Å²) in [5.74, 6) is 3.02. The van der Waals surface area contributed by atoms with E-state index in [1.54, 1.807) is 0 Å². The molecule has 88 valence electrons. The van der Waals surface area contributed by atoms with Gasteiger partial charge >= 0.3 is 0 Å². The van der Waals surface area contributed by atoms with Crippen LogP contribution >= 0.6 is 0 Å². The fourth-order valence-corrected chi connectivity index (χ4v) is 3.74. The van der Waals surface area contributed by atoms with Crippen molar-refractivity contribution in [3.05, 3.63) is 18.0 Å². The molecule has 0 bridgehead atoms. The van der Waals surface area contributed by atoms with E-state index in [2.05, 4.69) is 23.7 Å². The molecule has 2 aliphatic rings. The van der Waals surface area contributed by atoms with Crippen LogP contribution in [0, 0.1) is 17.8 Å². The van der Waals surface area contributed by atoms with Gasteiger partial charge < -0.3 is 5.32 Å². The Morgan fingerprint density at radius 2 is 2.25 bits per heavy atom. The lowest BCUT2D eigenvalue weighted by Crippen LogP contribution is -2.31. The number of fused-ring (bicyclic) bond motifs is 1. The summed E-state index contributed by atoms with van der Waals surface area (Å²) in [5, 5.41) is 7.76. The summed E-state index contributed by atoms with van der Waals surface area (Å²) in [4.78, 5) is 0. The smallest absolute Gasteiger partial charge is 0.0522 e. The van der Waals surface area contributed by atoms with Crippen molar-refractivity contribution in [1.82, 2.24) is 15.1 Å². The van der Waals surface area contributed by atoms with Crippen LogP contribution in [-0.4, -0.2) is 22.9 Å². The first-order valence-corrected chi connectivity index (χ1v) is 6.44. The normalized spacial score (nSPS) is 33.8. The summed E-state index contributed by atoms with van der Waals surface area (Å²) in [6, 6.07) is 0.666. The number of likely N-dealkylation sites (N-methyl/N-ethyl adjacent to an activating group) is 1. The van der Waals surface area contributed by atoms with Crippen LogP contribution in [0.3, 0.4) is 0 Å². The molecule has 16 heavy (non-hydrogen) atoms. The van der Waals surface area contributed by atoms with Gasteiger partial charge in [-0.25, -0.2) is 0 Å². The highest BCUT2D eigenvalue weighted by Gasteiger charge is 2.55. The molecular weight excluding hydrogens is 198 g/mol. The summed E-state index contributed by atoms with van der Waals surface area (Å²) in [6.45, 7) is 0. The standard InChI is InChI=1S/C13H21N3/c1-14-12(6-9-7-15-16(2)8-9)13-10-4-3-5-11(10)13/h7-8,10-14H,3-6H2,1-2H3. The van der Waals surface area contributed by atoms with Crippen LogP contribution < -0.4 is 5.32 Å². The number of nitrogens with one attached hydrogen (secondary N) is 1. The Labute approximate surface area is 97.2 Å². The number of rotatable bonds is 4. The average molecular weight is 219 g/mol. The van der Waals surface area contributed by atoms with E-state index >= 15 is 0 Å². The topological polar surface area (TPSA) is 29.9 Å².